The minimum atomic E-state index is -3.35. The fourth-order valence-corrected chi connectivity index (χ4v) is 2.16. The number of nitrogens with one attached hydrogen (secondary N) is 1. The van der Waals surface area contributed by atoms with Gasteiger partial charge in [-0.3, -0.25) is 4.79 Å². The Morgan fingerprint density at radius 3 is 2.56 bits per heavy atom. The Hall–Kier alpha value is -1.07. The van der Waals surface area contributed by atoms with Crippen LogP contribution < -0.4 is 5.32 Å². The van der Waals surface area contributed by atoms with Crippen molar-refractivity contribution in [2.45, 2.75) is 31.2 Å². The second kappa shape index (κ2) is 5.71. The first kappa shape index (κ1) is 15.0. The number of carbonyl (C=O) groups is 1. The molecule has 0 heterocycles. The van der Waals surface area contributed by atoms with Gasteiger partial charge in [0.15, 0.2) is 9.84 Å². The lowest BCUT2D eigenvalue weighted by Gasteiger charge is -2.12. The van der Waals surface area contributed by atoms with E-state index in [1.807, 2.05) is 13.8 Å². The molecule has 0 aromatic heterocycles. The zero-order valence-electron chi connectivity index (χ0n) is 10.5. The van der Waals surface area contributed by atoms with Gasteiger partial charge in [-0.2, -0.15) is 0 Å². The third kappa shape index (κ3) is 3.71. The molecule has 1 rings (SSSR count). The van der Waals surface area contributed by atoms with E-state index in [2.05, 4.69) is 5.32 Å². The van der Waals surface area contributed by atoms with Gasteiger partial charge in [-0.05, 0) is 31.5 Å². The van der Waals surface area contributed by atoms with E-state index >= 15 is 0 Å². The summed E-state index contributed by atoms with van der Waals surface area (Å²) in [6, 6.07) is 4.12. The number of benzene rings is 1. The summed E-state index contributed by atoms with van der Waals surface area (Å²) in [6.07, 6.45) is 1.88. The van der Waals surface area contributed by atoms with Crippen molar-refractivity contribution in [3.8, 4) is 0 Å². The molecular weight excluding hydrogens is 274 g/mol. The van der Waals surface area contributed by atoms with E-state index < -0.39 is 9.84 Å². The van der Waals surface area contributed by atoms with Crippen molar-refractivity contribution in [1.29, 1.82) is 0 Å². The molecule has 0 fully saturated rings. The van der Waals surface area contributed by atoms with Crippen LogP contribution >= 0.6 is 11.6 Å². The second-order valence-electron chi connectivity index (χ2n) is 4.20. The number of rotatable bonds is 4. The molecule has 1 atom stereocenters. The summed E-state index contributed by atoms with van der Waals surface area (Å²) in [6.45, 7) is 3.81. The molecule has 0 aliphatic carbocycles. The van der Waals surface area contributed by atoms with E-state index in [0.717, 1.165) is 12.7 Å². The van der Waals surface area contributed by atoms with Crippen LogP contribution in [0.25, 0.3) is 0 Å². The Kier molecular flexibility index (Phi) is 4.76. The molecule has 0 spiro atoms. The van der Waals surface area contributed by atoms with Crippen molar-refractivity contribution in [3.05, 3.63) is 28.8 Å². The number of sulfone groups is 1. The molecule has 0 radical (unpaired) electrons. The molecule has 1 unspecified atom stereocenters. The van der Waals surface area contributed by atoms with Crippen molar-refractivity contribution in [1.82, 2.24) is 5.32 Å². The van der Waals surface area contributed by atoms with E-state index in [9.17, 15) is 13.2 Å². The standard InChI is InChI=1S/C12H16ClNO3S/c1-4-8(2)14-12(15)10-7-9(18(3,16)17)5-6-11(10)13/h5-8H,4H2,1-3H3,(H,14,15). The molecular formula is C12H16ClNO3S. The lowest BCUT2D eigenvalue weighted by atomic mass is 10.2. The fraction of sp³-hybridized carbons (Fsp3) is 0.417. The summed E-state index contributed by atoms with van der Waals surface area (Å²) in [4.78, 5) is 12.0. The normalized spacial score (nSPS) is 13.1. The summed E-state index contributed by atoms with van der Waals surface area (Å²) in [5.74, 6) is -0.361. The molecule has 0 aliphatic rings. The van der Waals surface area contributed by atoms with Crippen LogP contribution in [-0.4, -0.2) is 26.6 Å². The maximum absolute atomic E-state index is 11.9. The molecule has 1 N–H and O–H groups in total. The third-order valence-electron chi connectivity index (χ3n) is 2.60. The number of amides is 1. The first-order valence-corrected chi connectivity index (χ1v) is 7.83. The van der Waals surface area contributed by atoms with Gasteiger partial charge < -0.3 is 5.32 Å². The molecule has 100 valence electrons. The summed E-state index contributed by atoms with van der Waals surface area (Å²) in [5.41, 5.74) is 0.180. The van der Waals surface area contributed by atoms with E-state index in [1.165, 1.54) is 18.2 Å². The largest absolute Gasteiger partial charge is 0.350 e. The Bertz CT molecular complexity index is 554. The third-order valence-corrected chi connectivity index (χ3v) is 4.04. The zero-order valence-corrected chi connectivity index (χ0v) is 12.1. The van der Waals surface area contributed by atoms with Gasteiger partial charge >= 0.3 is 0 Å². The van der Waals surface area contributed by atoms with E-state index in [4.69, 9.17) is 11.6 Å². The molecule has 1 aromatic rings. The highest BCUT2D eigenvalue weighted by Gasteiger charge is 2.16. The van der Waals surface area contributed by atoms with E-state index in [-0.39, 0.29) is 27.4 Å². The van der Waals surface area contributed by atoms with Crippen LogP contribution in [0.4, 0.5) is 0 Å². The molecule has 0 bridgehead atoms. The first-order valence-electron chi connectivity index (χ1n) is 5.56. The lowest BCUT2D eigenvalue weighted by Crippen LogP contribution is -2.32. The van der Waals surface area contributed by atoms with Crippen molar-refractivity contribution >= 4 is 27.3 Å². The van der Waals surface area contributed by atoms with E-state index in [1.54, 1.807) is 0 Å². The summed E-state index contributed by atoms with van der Waals surface area (Å²) >= 11 is 5.91. The van der Waals surface area contributed by atoms with Crippen molar-refractivity contribution < 1.29 is 13.2 Å². The van der Waals surface area contributed by atoms with E-state index in [0.29, 0.717) is 0 Å². The first-order chi connectivity index (χ1) is 8.25. The maximum Gasteiger partial charge on any atom is 0.253 e. The SMILES string of the molecule is CCC(C)NC(=O)c1cc(S(C)(=O)=O)ccc1Cl. The predicted octanol–water partition coefficient (Wildman–Crippen LogP) is 2.27. The minimum absolute atomic E-state index is 0.00968. The van der Waals surface area contributed by atoms with Crippen LogP contribution in [-0.2, 0) is 9.84 Å². The highest BCUT2D eigenvalue weighted by Crippen LogP contribution is 2.20. The van der Waals surface area contributed by atoms with Gasteiger partial charge in [0, 0.05) is 12.3 Å². The van der Waals surface area contributed by atoms with Gasteiger partial charge in [0.2, 0.25) is 0 Å². The molecule has 4 nitrogen and oxygen atoms in total. The quantitative estimate of drug-likeness (QED) is 0.925. The van der Waals surface area contributed by atoms with Gasteiger partial charge in [0.05, 0.1) is 15.5 Å². The number of halogens is 1. The van der Waals surface area contributed by atoms with Gasteiger partial charge in [-0.15, -0.1) is 0 Å². The van der Waals surface area contributed by atoms with Crippen molar-refractivity contribution in [2.75, 3.05) is 6.26 Å². The van der Waals surface area contributed by atoms with Crippen molar-refractivity contribution in [2.24, 2.45) is 0 Å². The van der Waals surface area contributed by atoms with Crippen LogP contribution in [0.3, 0.4) is 0 Å². The van der Waals surface area contributed by atoms with Gasteiger partial charge in [-0.1, -0.05) is 18.5 Å². The molecule has 0 saturated carbocycles. The highest BCUT2D eigenvalue weighted by atomic mass is 35.5. The minimum Gasteiger partial charge on any atom is -0.350 e. The molecule has 18 heavy (non-hydrogen) atoms. The summed E-state index contributed by atoms with van der Waals surface area (Å²) in [7, 11) is -3.35. The molecule has 0 saturated heterocycles. The summed E-state index contributed by atoms with van der Waals surface area (Å²) < 4.78 is 22.8. The lowest BCUT2D eigenvalue weighted by molar-refractivity contribution is 0.0939. The zero-order chi connectivity index (χ0) is 13.9. The molecule has 1 amide bonds. The Morgan fingerprint density at radius 1 is 1.44 bits per heavy atom. The van der Waals surface area contributed by atoms with Gasteiger partial charge in [0.25, 0.3) is 5.91 Å². The second-order valence-corrected chi connectivity index (χ2v) is 6.62. The average molecular weight is 290 g/mol. The molecule has 0 aliphatic heterocycles. The topological polar surface area (TPSA) is 63.2 Å². The van der Waals surface area contributed by atoms with Crippen LogP contribution in [0.5, 0.6) is 0 Å². The molecule has 1 aromatic carbocycles. The monoisotopic (exact) mass is 289 g/mol. The van der Waals surface area contributed by atoms with Gasteiger partial charge in [0.1, 0.15) is 0 Å². The van der Waals surface area contributed by atoms with Crippen molar-refractivity contribution in [3.63, 3.8) is 0 Å². The number of hydrogen-bond acceptors (Lipinski definition) is 3. The maximum atomic E-state index is 11.9. The predicted molar refractivity (Wildman–Crippen MR) is 71.8 cm³/mol. The fourth-order valence-electron chi connectivity index (χ4n) is 1.31. The van der Waals surface area contributed by atoms with Crippen LogP contribution in [0.1, 0.15) is 30.6 Å². The number of hydrogen-bond donors (Lipinski definition) is 1. The van der Waals surface area contributed by atoms with Gasteiger partial charge in [-0.25, -0.2) is 8.42 Å². The number of carbonyl (C=O) groups excluding carboxylic acids is 1. The average Bonchev–Trinajstić information content (AvgIpc) is 2.27. The summed E-state index contributed by atoms with van der Waals surface area (Å²) in [5, 5.41) is 2.99. The molecule has 6 heteroatoms. The Morgan fingerprint density at radius 2 is 2.06 bits per heavy atom. The highest BCUT2D eigenvalue weighted by molar-refractivity contribution is 7.90. The smallest absolute Gasteiger partial charge is 0.253 e. The Balaban J connectivity index is 3.12. The van der Waals surface area contributed by atoms with Crippen LogP contribution in [0.2, 0.25) is 5.02 Å². The van der Waals surface area contributed by atoms with Crippen LogP contribution in [0, 0.1) is 0 Å². The van der Waals surface area contributed by atoms with Crippen LogP contribution in [0.15, 0.2) is 23.1 Å². The Labute approximate surface area is 112 Å².